The van der Waals surface area contributed by atoms with Crippen molar-refractivity contribution in [2.24, 2.45) is 5.73 Å². The normalized spacial score (nSPS) is 21.9. The van der Waals surface area contributed by atoms with Crippen LogP contribution in [0, 0.1) is 5.82 Å². The molecule has 1 aromatic rings. The van der Waals surface area contributed by atoms with Crippen LogP contribution >= 0.6 is 0 Å². The van der Waals surface area contributed by atoms with Gasteiger partial charge >= 0.3 is 0 Å². The first-order valence-corrected chi connectivity index (χ1v) is 7.01. The van der Waals surface area contributed by atoms with E-state index in [0.717, 1.165) is 38.2 Å². The van der Waals surface area contributed by atoms with Crippen molar-refractivity contribution in [3.63, 3.8) is 0 Å². The van der Waals surface area contributed by atoms with E-state index in [-0.39, 0.29) is 17.9 Å². The predicted octanol–water partition coefficient (Wildman–Crippen LogP) is 1.85. The molecule has 106 valence electrons. The van der Waals surface area contributed by atoms with E-state index in [9.17, 15) is 4.39 Å². The lowest BCUT2D eigenvalue weighted by molar-refractivity contribution is 0.182. The summed E-state index contributed by atoms with van der Waals surface area (Å²) in [6, 6.07) is 6.93. The van der Waals surface area contributed by atoms with Crippen molar-refractivity contribution in [3.8, 4) is 0 Å². The molecule has 3 nitrogen and oxygen atoms in total. The van der Waals surface area contributed by atoms with Gasteiger partial charge in [-0.25, -0.2) is 4.39 Å². The second-order valence-corrected chi connectivity index (χ2v) is 5.55. The lowest BCUT2D eigenvalue weighted by Crippen LogP contribution is -2.41. The van der Waals surface area contributed by atoms with Crippen molar-refractivity contribution in [1.82, 2.24) is 9.80 Å². The lowest BCUT2D eigenvalue weighted by atomic mass is 9.99. The first-order valence-electron chi connectivity index (χ1n) is 7.01. The Balaban J connectivity index is 2.20. The smallest absolute Gasteiger partial charge is 0.123 e. The minimum Gasteiger partial charge on any atom is -0.326 e. The van der Waals surface area contributed by atoms with E-state index in [2.05, 4.69) is 16.8 Å². The molecular formula is C15H24FN3. The van der Waals surface area contributed by atoms with Gasteiger partial charge in [-0.05, 0) is 44.6 Å². The summed E-state index contributed by atoms with van der Waals surface area (Å²) in [5.41, 5.74) is 7.14. The Hall–Kier alpha value is -0.970. The number of nitrogens with two attached hydrogens (primary N) is 1. The van der Waals surface area contributed by atoms with Gasteiger partial charge in [0.2, 0.25) is 0 Å². The molecule has 0 spiro atoms. The van der Waals surface area contributed by atoms with Crippen LogP contribution in [0.4, 0.5) is 4.39 Å². The average Bonchev–Trinajstić information content (AvgIpc) is 2.55. The van der Waals surface area contributed by atoms with Crippen molar-refractivity contribution in [2.45, 2.75) is 25.4 Å². The number of likely N-dealkylation sites (N-methyl/N-ethyl adjacent to an activating group) is 1. The number of hydrogen-bond donors (Lipinski definition) is 1. The van der Waals surface area contributed by atoms with Crippen LogP contribution in [0.15, 0.2) is 24.3 Å². The Kier molecular flexibility index (Phi) is 4.91. The summed E-state index contributed by atoms with van der Waals surface area (Å²) in [6.07, 6.45) is 1.13. The Bertz CT molecular complexity index is 408. The molecule has 4 heteroatoms. The Morgan fingerprint density at radius 3 is 2.68 bits per heavy atom. The van der Waals surface area contributed by atoms with Crippen molar-refractivity contribution in [3.05, 3.63) is 35.6 Å². The van der Waals surface area contributed by atoms with E-state index in [1.165, 1.54) is 6.07 Å². The van der Waals surface area contributed by atoms with E-state index >= 15 is 0 Å². The summed E-state index contributed by atoms with van der Waals surface area (Å²) >= 11 is 0. The first kappa shape index (κ1) is 14.4. The van der Waals surface area contributed by atoms with Gasteiger partial charge in [-0.1, -0.05) is 12.1 Å². The number of rotatable bonds is 3. The van der Waals surface area contributed by atoms with Gasteiger partial charge in [-0.2, -0.15) is 0 Å². The van der Waals surface area contributed by atoms with Gasteiger partial charge in [0, 0.05) is 31.7 Å². The molecule has 19 heavy (non-hydrogen) atoms. The average molecular weight is 265 g/mol. The van der Waals surface area contributed by atoms with Crippen LogP contribution in [0.1, 0.15) is 24.9 Å². The Labute approximate surface area is 115 Å². The van der Waals surface area contributed by atoms with E-state index in [4.69, 9.17) is 5.73 Å². The molecule has 1 aliphatic heterocycles. The molecule has 2 unspecified atom stereocenters. The molecule has 0 radical (unpaired) electrons. The Morgan fingerprint density at radius 1 is 1.21 bits per heavy atom. The highest BCUT2D eigenvalue weighted by Crippen LogP contribution is 2.25. The maximum absolute atomic E-state index is 13.4. The fraction of sp³-hybridized carbons (Fsp3) is 0.600. The van der Waals surface area contributed by atoms with E-state index < -0.39 is 0 Å². The molecule has 1 aromatic carbocycles. The number of benzene rings is 1. The molecule has 1 fully saturated rings. The third-order valence-electron chi connectivity index (χ3n) is 3.84. The predicted molar refractivity (Wildman–Crippen MR) is 76.5 cm³/mol. The largest absolute Gasteiger partial charge is 0.326 e. The second kappa shape index (κ2) is 6.46. The summed E-state index contributed by atoms with van der Waals surface area (Å²) in [5, 5.41) is 0. The topological polar surface area (TPSA) is 32.5 Å². The number of halogens is 1. The molecule has 1 aliphatic rings. The van der Waals surface area contributed by atoms with Gasteiger partial charge in [0.05, 0.1) is 0 Å². The van der Waals surface area contributed by atoms with E-state index in [1.807, 2.05) is 13.0 Å². The van der Waals surface area contributed by atoms with Gasteiger partial charge in [-0.15, -0.1) is 0 Å². The monoisotopic (exact) mass is 265 g/mol. The molecule has 0 aliphatic carbocycles. The summed E-state index contributed by atoms with van der Waals surface area (Å²) in [7, 11) is 2.15. The fourth-order valence-electron chi connectivity index (χ4n) is 2.88. The van der Waals surface area contributed by atoms with Gasteiger partial charge in [0.25, 0.3) is 0 Å². The maximum atomic E-state index is 13.4. The molecular weight excluding hydrogens is 241 g/mol. The molecule has 2 rings (SSSR count). The van der Waals surface area contributed by atoms with Gasteiger partial charge < -0.3 is 10.6 Å². The molecule has 0 aromatic heterocycles. The highest BCUT2D eigenvalue weighted by Gasteiger charge is 2.25. The molecule has 1 saturated heterocycles. The third kappa shape index (κ3) is 3.75. The van der Waals surface area contributed by atoms with Crippen LogP contribution in [0.3, 0.4) is 0 Å². The third-order valence-corrected chi connectivity index (χ3v) is 3.84. The second-order valence-electron chi connectivity index (χ2n) is 5.55. The van der Waals surface area contributed by atoms with Crippen LogP contribution in [0.5, 0.6) is 0 Å². The summed E-state index contributed by atoms with van der Waals surface area (Å²) in [4.78, 5) is 4.73. The SMILES string of the molecule is CC(N)C(c1cccc(F)c1)N1CCCN(C)CC1. The fourth-order valence-corrected chi connectivity index (χ4v) is 2.88. The highest BCUT2D eigenvalue weighted by atomic mass is 19.1. The zero-order chi connectivity index (χ0) is 13.8. The van der Waals surface area contributed by atoms with Crippen LogP contribution in [-0.4, -0.2) is 49.1 Å². The van der Waals surface area contributed by atoms with Crippen LogP contribution < -0.4 is 5.73 Å². The zero-order valence-electron chi connectivity index (χ0n) is 11.8. The summed E-state index contributed by atoms with van der Waals surface area (Å²) in [5.74, 6) is -0.185. The molecule has 2 atom stereocenters. The van der Waals surface area contributed by atoms with Crippen molar-refractivity contribution >= 4 is 0 Å². The zero-order valence-corrected chi connectivity index (χ0v) is 11.8. The van der Waals surface area contributed by atoms with E-state index in [0.29, 0.717) is 0 Å². The quantitative estimate of drug-likeness (QED) is 0.905. The molecule has 2 N–H and O–H groups in total. The van der Waals surface area contributed by atoms with Crippen LogP contribution in [0.25, 0.3) is 0 Å². The minimum atomic E-state index is -0.185. The number of hydrogen-bond acceptors (Lipinski definition) is 3. The summed E-state index contributed by atoms with van der Waals surface area (Å²) < 4.78 is 13.4. The minimum absolute atomic E-state index is 0.00907. The van der Waals surface area contributed by atoms with Crippen molar-refractivity contribution in [2.75, 3.05) is 33.2 Å². The van der Waals surface area contributed by atoms with Gasteiger partial charge in [-0.3, -0.25) is 4.90 Å². The molecule has 0 saturated carbocycles. The molecule has 0 amide bonds. The molecule has 0 bridgehead atoms. The van der Waals surface area contributed by atoms with Crippen molar-refractivity contribution in [1.29, 1.82) is 0 Å². The maximum Gasteiger partial charge on any atom is 0.123 e. The lowest BCUT2D eigenvalue weighted by Gasteiger charge is -2.33. The van der Waals surface area contributed by atoms with Crippen LogP contribution in [0.2, 0.25) is 0 Å². The number of nitrogens with zero attached hydrogens (tertiary/aromatic N) is 2. The van der Waals surface area contributed by atoms with Gasteiger partial charge in [0.1, 0.15) is 5.82 Å². The van der Waals surface area contributed by atoms with E-state index in [1.54, 1.807) is 12.1 Å². The first-order chi connectivity index (χ1) is 9.08. The molecule has 1 heterocycles. The Morgan fingerprint density at radius 2 is 2.00 bits per heavy atom. The van der Waals surface area contributed by atoms with Gasteiger partial charge in [0.15, 0.2) is 0 Å². The van der Waals surface area contributed by atoms with Crippen LogP contribution in [-0.2, 0) is 0 Å². The summed E-state index contributed by atoms with van der Waals surface area (Å²) in [6.45, 7) is 6.17. The van der Waals surface area contributed by atoms with Crippen molar-refractivity contribution < 1.29 is 4.39 Å². The standard InChI is InChI=1S/C15H24FN3/c1-12(17)15(13-5-3-6-14(16)11-13)19-8-4-7-18(2)9-10-19/h3,5-6,11-12,15H,4,7-10,17H2,1-2H3. The highest BCUT2D eigenvalue weighted by molar-refractivity contribution is 5.21.